The Balaban J connectivity index is 2.79. The minimum atomic E-state index is -0.637. The maximum atomic E-state index is 10.1. The molecule has 15 heavy (non-hydrogen) atoms. The Bertz CT molecular complexity index is 282. The van der Waals surface area contributed by atoms with Crippen molar-refractivity contribution < 1.29 is 9.84 Å². The van der Waals surface area contributed by atoms with Gasteiger partial charge in [0.05, 0.1) is 6.10 Å². The Morgan fingerprint density at radius 1 is 1.53 bits per heavy atom. The van der Waals surface area contributed by atoms with E-state index in [1.54, 1.807) is 13.3 Å². The highest BCUT2D eigenvalue weighted by Gasteiger charge is 2.22. The van der Waals surface area contributed by atoms with Crippen LogP contribution in [0.5, 0.6) is 0 Å². The van der Waals surface area contributed by atoms with Gasteiger partial charge in [-0.05, 0) is 12.8 Å². The summed E-state index contributed by atoms with van der Waals surface area (Å²) in [5.74, 6) is 0.700. The highest BCUT2D eigenvalue weighted by Crippen LogP contribution is 2.19. The fraction of sp³-hybridized carbons (Fsp3) is 0.727. The summed E-state index contributed by atoms with van der Waals surface area (Å²) in [5.41, 5.74) is 0. The Hall–Kier alpha value is -0.870. The molecule has 0 aliphatic carbocycles. The maximum Gasteiger partial charge on any atom is 0.140 e. The third-order valence-electron chi connectivity index (χ3n) is 2.53. The third kappa shape index (κ3) is 2.79. The molecule has 1 N–H and O–H groups in total. The number of aryl methyl sites for hydroxylation is 1. The van der Waals surface area contributed by atoms with Crippen LogP contribution in [0.4, 0.5) is 0 Å². The average Bonchev–Trinajstić information content (AvgIpc) is 2.68. The first-order chi connectivity index (χ1) is 7.24. The van der Waals surface area contributed by atoms with E-state index >= 15 is 0 Å². The lowest BCUT2D eigenvalue weighted by atomic mass is 10.1. The molecule has 0 bridgehead atoms. The van der Waals surface area contributed by atoms with Gasteiger partial charge >= 0.3 is 0 Å². The summed E-state index contributed by atoms with van der Waals surface area (Å²) in [7, 11) is 1.62. The van der Waals surface area contributed by atoms with Gasteiger partial charge in [0.1, 0.15) is 11.9 Å². The molecule has 0 fully saturated rings. The van der Waals surface area contributed by atoms with Crippen molar-refractivity contribution in [2.75, 3.05) is 7.11 Å². The van der Waals surface area contributed by atoms with Crippen LogP contribution < -0.4 is 0 Å². The summed E-state index contributed by atoms with van der Waals surface area (Å²) >= 11 is 0. The zero-order chi connectivity index (χ0) is 11.3. The molecule has 1 rings (SSSR count). The molecular formula is C11H20N2O2. The summed E-state index contributed by atoms with van der Waals surface area (Å²) in [6.45, 7) is 4.97. The number of methoxy groups -OCH3 is 1. The predicted molar refractivity (Wildman–Crippen MR) is 58.6 cm³/mol. The average molecular weight is 212 g/mol. The molecule has 1 aromatic rings. The van der Waals surface area contributed by atoms with Gasteiger partial charge in [0.15, 0.2) is 0 Å². The van der Waals surface area contributed by atoms with E-state index in [1.807, 2.05) is 17.7 Å². The van der Waals surface area contributed by atoms with Crippen LogP contribution in [0.3, 0.4) is 0 Å². The zero-order valence-corrected chi connectivity index (χ0v) is 9.68. The van der Waals surface area contributed by atoms with E-state index in [0.29, 0.717) is 5.82 Å². The van der Waals surface area contributed by atoms with Crippen molar-refractivity contribution in [2.45, 2.75) is 45.4 Å². The van der Waals surface area contributed by atoms with Gasteiger partial charge in [0.25, 0.3) is 0 Å². The molecule has 0 radical (unpaired) electrons. The first-order valence-electron chi connectivity index (χ1n) is 5.46. The summed E-state index contributed by atoms with van der Waals surface area (Å²) in [6, 6.07) is 0. The van der Waals surface area contributed by atoms with Gasteiger partial charge in [0, 0.05) is 26.0 Å². The fourth-order valence-corrected chi connectivity index (χ4v) is 1.70. The quantitative estimate of drug-likeness (QED) is 0.781. The van der Waals surface area contributed by atoms with Crippen LogP contribution in [0.1, 0.15) is 38.6 Å². The van der Waals surface area contributed by atoms with E-state index in [4.69, 9.17) is 4.74 Å². The lowest BCUT2D eigenvalue weighted by Crippen LogP contribution is -2.23. The van der Waals surface area contributed by atoms with Gasteiger partial charge in [-0.3, -0.25) is 0 Å². The summed E-state index contributed by atoms with van der Waals surface area (Å²) < 4.78 is 7.19. The Morgan fingerprint density at radius 3 is 2.80 bits per heavy atom. The SMILES string of the molecule is CCCn1ccnc1C(O)C(CC)OC. The number of aliphatic hydroxyl groups excluding tert-OH is 1. The molecule has 2 unspecified atom stereocenters. The predicted octanol–water partition coefficient (Wildman–Crippen LogP) is 1.75. The van der Waals surface area contributed by atoms with Crippen molar-refractivity contribution >= 4 is 0 Å². The molecule has 4 nitrogen and oxygen atoms in total. The highest BCUT2D eigenvalue weighted by molar-refractivity contribution is 4.99. The van der Waals surface area contributed by atoms with E-state index in [9.17, 15) is 5.11 Å². The van der Waals surface area contributed by atoms with Crippen LogP contribution in [0.25, 0.3) is 0 Å². The van der Waals surface area contributed by atoms with E-state index in [2.05, 4.69) is 11.9 Å². The van der Waals surface area contributed by atoms with E-state index < -0.39 is 6.10 Å². The zero-order valence-electron chi connectivity index (χ0n) is 9.68. The molecule has 0 spiro atoms. The molecule has 2 atom stereocenters. The van der Waals surface area contributed by atoms with Crippen molar-refractivity contribution in [3.05, 3.63) is 18.2 Å². The first-order valence-corrected chi connectivity index (χ1v) is 5.46. The van der Waals surface area contributed by atoms with Crippen LogP contribution in [-0.2, 0) is 11.3 Å². The molecule has 0 aliphatic rings. The van der Waals surface area contributed by atoms with E-state index in [1.165, 1.54) is 0 Å². The van der Waals surface area contributed by atoms with Crippen molar-refractivity contribution in [1.82, 2.24) is 9.55 Å². The monoisotopic (exact) mass is 212 g/mol. The maximum absolute atomic E-state index is 10.1. The van der Waals surface area contributed by atoms with Gasteiger partial charge in [0.2, 0.25) is 0 Å². The van der Waals surface area contributed by atoms with Crippen molar-refractivity contribution in [2.24, 2.45) is 0 Å². The molecule has 0 amide bonds. The topological polar surface area (TPSA) is 47.3 Å². The molecule has 0 aromatic carbocycles. The Kier molecular flexibility index (Phi) is 4.78. The molecule has 86 valence electrons. The number of ether oxygens (including phenoxy) is 1. The van der Waals surface area contributed by atoms with Gasteiger partial charge in [-0.15, -0.1) is 0 Å². The van der Waals surface area contributed by atoms with E-state index in [0.717, 1.165) is 19.4 Å². The standard InChI is InChI=1S/C11H20N2O2/c1-4-7-13-8-6-12-11(13)10(14)9(5-2)15-3/h6,8-10,14H,4-5,7H2,1-3H3. The number of hydrogen-bond donors (Lipinski definition) is 1. The summed E-state index contributed by atoms with van der Waals surface area (Å²) in [4.78, 5) is 4.18. The lowest BCUT2D eigenvalue weighted by Gasteiger charge is -2.20. The molecular weight excluding hydrogens is 192 g/mol. The molecule has 1 aromatic heterocycles. The Labute approximate surface area is 90.9 Å². The number of nitrogens with zero attached hydrogens (tertiary/aromatic N) is 2. The molecule has 1 heterocycles. The van der Waals surface area contributed by atoms with Gasteiger partial charge in [-0.2, -0.15) is 0 Å². The number of hydrogen-bond acceptors (Lipinski definition) is 3. The van der Waals surface area contributed by atoms with Gasteiger partial charge < -0.3 is 14.4 Å². The number of imidazole rings is 1. The Morgan fingerprint density at radius 2 is 2.27 bits per heavy atom. The second kappa shape index (κ2) is 5.88. The number of aromatic nitrogens is 2. The van der Waals surface area contributed by atoms with Crippen molar-refractivity contribution in [3.63, 3.8) is 0 Å². The summed E-state index contributed by atoms with van der Waals surface area (Å²) in [6.07, 6.45) is 4.60. The smallest absolute Gasteiger partial charge is 0.140 e. The van der Waals surface area contributed by atoms with Gasteiger partial charge in [-0.1, -0.05) is 13.8 Å². The second-order valence-corrected chi connectivity index (χ2v) is 3.61. The van der Waals surface area contributed by atoms with Crippen molar-refractivity contribution in [3.8, 4) is 0 Å². The van der Waals surface area contributed by atoms with Crippen molar-refractivity contribution in [1.29, 1.82) is 0 Å². The first kappa shape index (κ1) is 12.2. The molecule has 4 heteroatoms. The fourth-order valence-electron chi connectivity index (χ4n) is 1.70. The van der Waals surface area contributed by atoms with Crippen LogP contribution in [0.15, 0.2) is 12.4 Å². The van der Waals surface area contributed by atoms with Crippen LogP contribution in [-0.4, -0.2) is 27.9 Å². The minimum Gasteiger partial charge on any atom is -0.382 e. The number of rotatable bonds is 6. The minimum absolute atomic E-state index is 0.178. The molecule has 0 saturated heterocycles. The normalized spacial score (nSPS) is 15.2. The number of aliphatic hydroxyl groups is 1. The van der Waals surface area contributed by atoms with E-state index in [-0.39, 0.29) is 6.10 Å². The molecule has 0 saturated carbocycles. The largest absolute Gasteiger partial charge is 0.382 e. The second-order valence-electron chi connectivity index (χ2n) is 3.61. The third-order valence-corrected chi connectivity index (χ3v) is 2.53. The van der Waals surface area contributed by atoms with Crippen LogP contribution in [0.2, 0.25) is 0 Å². The van der Waals surface area contributed by atoms with Crippen LogP contribution >= 0.6 is 0 Å². The highest BCUT2D eigenvalue weighted by atomic mass is 16.5. The molecule has 0 aliphatic heterocycles. The van der Waals surface area contributed by atoms with Gasteiger partial charge in [-0.25, -0.2) is 4.98 Å². The lowest BCUT2D eigenvalue weighted by molar-refractivity contribution is -0.0207. The summed E-state index contributed by atoms with van der Waals surface area (Å²) in [5, 5.41) is 10.1. The van der Waals surface area contributed by atoms with Crippen LogP contribution in [0, 0.1) is 0 Å².